The zero-order chi connectivity index (χ0) is 20.5. The molecule has 0 radical (unpaired) electrons. The molecule has 166 valence electrons. The van der Waals surface area contributed by atoms with Crippen LogP contribution in [0.1, 0.15) is 44.7 Å². The van der Waals surface area contributed by atoms with Crippen LogP contribution in [0.4, 0.5) is 0 Å². The first kappa shape index (κ1) is 26.2. The minimum atomic E-state index is 0. The first-order chi connectivity index (χ1) is 13.4. The molecule has 1 aromatic carbocycles. The molecule has 0 amide bonds. The summed E-state index contributed by atoms with van der Waals surface area (Å²) < 4.78 is 0. The molecule has 0 aromatic heterocycles. The summed E-state index contributed by atoms with van der Waals surface area (Å²) in [6.07, 6.45) is 0. The smallest absolute Gasteiger partial charge is 0.191 e. The summed E-state index contributed by atoms with van der Waals surface area (Å²) >= 11 is 0. The van der Waals surface area contributed by atoms with Gasteiger partial charge < -0.3 is 15.5 Å². The van der Waals surface area contributed by atoms with Gasteiger partial charge in [-0.05, 0) is 38.3 Å². The predicted molar refractivity (Wildman–Crippen MR) is 137 cm³/mol. The standard InChI is InChI=1S/C23H41N5.HI/c1-7-24-23(25-16-20(5)21-10-8-19(4)9-11-21)26-17-22(18(2)3)28-14-12-27(6)13-15-28;/h8-11,18,20,22H,7,12-17H2,1-6H3,(H2,24,25,26);1H. The van der Waals surface area contributed by atoms with Crippen LogP contribution in [0, 0.1) is 12.8 Å². The van der Waals surface area contributed by atoms with E-state index in [0.29, 0.717) is 17.9 Å². The molecule has 2 N–H and O–H groups in total. The summed E-state index contributed by atoms with van der Waals surface area (Å²) in [7, 11) is 2.21. The maximum Gasteiger partial charge on any atom is 0.191 e. The number of aliphatic imine (C=N–C) groups is 1. The third-order valence-electron chi connectivity index (χ3n) is 5.78. The predicted octanol–water partition coefficient (Wildman–Crippen LogP) is 3.54. The van der Waals surface area contributed by atoms with Gasteiger partial charge in [0.2, 0.25) is 0 Å². The third-order valence-corrected chi connectivity index (χ3v) is 5.78. The number of aryl methyl sites for hydroxylation is 1. The van der Waals surface area contributed by atoms with Gasteiger partial charge in [-0.15, -0.1) is 24.0 Å². The largest absolute Gasteiger partial charge is 0.357 e. The molecule has 0 spiro atoms. The monoisotopic (exact) mass is 515 g/mol. The Labute approximate surface area is 195 Å². The minimum absolute atomic E-state index is 0. The van der Waals surface area contributed by atoms with Gasteiger partial charge in [0.15, 0.2) is 5.96 Å². The van der Waals surface area contributed by atoms with Crippen LogP contribution in [0.15, 0.2) is 29.3 Å². The Kier molecular flexibility index (Phi) is 12.1. The van der Waals surface area contributed by atoms with E-state index in [2.05, 4.69) is 86.4 Å². The Hall–Kier alpha value is -0.860. The number of halogens is 1. The van der Waals surface area contributed by atoms with Gasteiger partial charge >= 0.3 is 0 Å². The molecule has 2 atom stereocenters. The van der Waals surface area contributed by atoms with Crippen molar-refractivity contribution in [1.29, 1.82) is 0 Å². The van der Waals surface area contributed by atoms with E-state index < -0.39 is 0 Å². The molecule has 0 bridgehead atoms. The Balaban J connectivity index is 0.00000420. The van der Waals surface area contributed by atoms with Crippen molar-refractivity contribution in [2.45, 2.75) is 46.6 Å². The van der Waals surface area contributed by atoms with Gasteiger partial charge in [0.1, 0.15) is 0 Å². The number of benzene rings is 1. The highest BCUT2D eigenvalue weighted by Crippen LogP contribution is 2.15. The maximum atomic E-state index is 4.95. The lowest BCUT2D eigenvalue weighted by molar-refractivity contribution is 0.0925. The summed E-state index contributed by atoms with van der Waals surface area (Å²) in [5.74, 6) is 1.98. The lowest BCUT2D eigenvalue weighted by atomic mass is 10.0. The number of likely N-dealkylation sites (N-methyl/N-ethyl adjacent to an activating group) is 1. The molecule has 1 saturated heterocycles. The number of piperazine rings is 1. The van der Waals surface area contributed by atoms with Crippen molar-refractivity contribution in [2.24, 2.45) is 10.9 Å². The van der Waals surface area contributed by atoms with E-state index in [4.69, 9.17) is 4.99 Å². The van der Waals surface area contributed by atoms with E-state index in [-0.39, 0.29) is 24.0 Å². The van der Waals surface area contributed by atoms with E-state index in [1.54, 1.807) is 0 Å². The number of guanidine groups is 1. The van der Waals surface area contributed by atoms with Crippen molar-refractivity contribution in [3.8, 4) is 0 Å². The van der Waals surface area contributed by atoms with Crippen LogP contribution in [-0.2, 0) is 0 Å². The van der Waals surface area contributed by atoms with Crippen LogP contribution in [0.3, 0.4) is 0 Å². The van der Waals surface area contributed by atoms with Gasteiger partial charge in [0.25, 0.3) is 0 Å². The normalized spacial score (nSPS) is 18.2. The Morgan fingerprint density at radius 1 is 1.03 bits per heavy atom. The topological polar surface area (TPSA) is 42.9 Å². The quantitative estimate of drug-likeness (QED) is 0.316. The number of nitrogens with zero attached hydrogens (tertiary/aromatic N) is 3. The molecule has 1 aliphatic heterocycles. The molecule has 0 saturated carbocycles. The second-order valence-corrected chi connectivity index (χ2v) is 8.56. The number of rotatable bonds is 8. The summed E-state index contributed by atoms with van der Waals surface area (Å²) in [4.78, 5) is 9.98. The van der Waals surface area contributed by atoms with E-state index in [1.807, 2.05) is 0 Å². The Morgan fingerprint density at radius 3 is 2.21 bits per heavy atom. The third kappa shape index (κ3) is 8.80. The molecule has 1 heterocycles. The van der Waals surface area contributed by atoms with Crippen LogP contribution >= 0.6 is 24.0 Å². The lowest BCUT2D eigenvalue weighted by Gasteiger charge is -2.39. The van der Waals surface area contributed by atoms with Gasteiger partial charge in [0.05, 0.1) is 6.54 Å². The van der Waals surface area contributed by atoms with Gasteiger partial charge in [-0.3, -0.25) is 9.89 Å². The number of nitrogens with one attached hydrogen (secondary N) is 2. The van der Waals surface area contributed by atoms with Crippen molar-refractivity contribution in [2.75, 3.05) is 52.9 Å². The summed E-state index contributed by atoms with van der Waals surface area (Å²) in [6.45, 7) is 18.4. The molecule has 29 heavy (non-hydrogen) atoms. The van der Waals surface area contributed by atoms with E-state index in [9.17, 15) is 0 Å². The molecule has 6 heteroatoms. The Bertz CT molecular complexity index is 594. The molecule has 2 unspecified atom stereocenters. The average Bonchev–Trinajstić information content (AvgIpc) is 2.67. The zero-order valence-electron chi connectivity index (χ0n) is 19.2. The Morgan fingerprint density at radius 2 is 1.66 bits per heavy atom. The van der Waals surface area contributed by atoms with E-state index >= 15 is 0 Å². The van der Waals surface area contributed by atoms with Gasteiger partial charge in [-0.25, -0.2) is 0 Å². The van der Waals surface area contributed by atoms with Crippen molar-refractivity contribution in [3.05, 3.63) is 35.4 Å². The lowest BCUT2D eigenvalue weighted by Crippen LogP contribution is -2.52. The van der Waals surface area contributed by atoms with Gasteiger partial charge in [0, 0.05) is 45.3 Å². The average molecular weight is 516 g/mol. The maximum absolute atomic E-state index is 4.95. The fraction of sp³-hybridized carbons (Fsp3) is 0.696. The molecule has 5 nitrogen and oxygen atoms in total. The second-order valence-electron chi connectivity index (χ2n) is 8.56. The number of hydrogen-bond acceptors (Lipinski definition) is 3. The second kappa shape index (κ2) is 13.4. The van der Waals surface area contributed by atoms with Crippen LogP contribution in [0.5, 0.6) is 0 Å². The SMILES string of the molecule is CCNC(=NCC(C(C)C)N1CCN(C)CC1)NCC(C)c1ccc(C)cc1.I. The fourth-order valence-electron chi connectivity index (χ4n) is 3.69. The molecule has 1 aromatic rings. The summed E-state index contributed by atoms with van der Waals surface area (Å²) in [5, 5.41) is 6.96. The van der Waals surface area contributed by atoms with Crippen molar-refractivity contribution >= 4 is 29.9 Å². The minimum Gasteiger partial charge on any atom is -0.357 e. The van der Waals surface area contributed by atoms with Gasteiger partial charge in [-0.1, -0.05) is 50.6 Å². The summed E-state index contributed by atoms with van der Waals surface area (Å²) in [5.41, 5.74) is 2.67. The van der Waals surface area contributed by atoms with Crippen LogP contribution < -0.4 is 10.6 Å². The highest BCUT2D eigenvalue weighted by Gasteiger charge is 2.24. The van der Waals surface area contributed by atoms with Crippen molar-refractivity contribution in [1.82, 2.24) is 20.4 Å². The molecular weight excluding hydrogens is 473 g/mol. The zero-order valence-corrected chi connectivity index (χ0v) is 21.6. The highest BCUT2D eigenvalue weighted by atomic mass is 127. The van der Waals surface area contributed by atoms with Crippen LogP contribution in [-0.4, -0.2) is 74.7 Å². The van der Waals surface area contributed by atoms with Crippen LogP contribution in [0.25, 0.3) is 0 Å². The molecular formula is C23H42IN5. The summed E-state index contributed by atoms with van der Waals surface area (Å²) in [6, 6.07) is 9.34. The molecule has 0 aliphatic carbocycles. The van der Waals surface area contributed by atoms with E-state index in [1.165, 1.54) is 11.1 Å². The molecule has 1 fully saturated rings. The van der Waals surface area contributed by atoms with E-state index in [0.717, 1.165) is 51.8 Å². The molecule has 2 rings (SSSR count). The molecule has 1 aliphatic rings. The first-order valence-corrected chi connectivity index (χ1v) is 10.9. The van der Waals surface area contributed by atoms with Crippen molar-refractivity contribution < 1.29 is 0 Å². The first-order valence-electron chi connectivity index (χ1n) is 10.9. The van der Waals surface area contributed by atoms with Gasteiger partial charge in [-0.2, -0.15) is 0 Å². The van der Waals surface area contributed by atoms with Crippen LogP contribution in [0.2, 0.25) is 0 Å². The fourth-order valence-corrected chi connectivity index (χ4v) is 3.69. The van der Waals surface area contributed by atoms with Crippen molar-refractivity contribution in [3.63, 3.8) is 0 Å². The number of hydrogen-bond donors (Lipinski definition) is 2. The highest BCUT2D eigenvalue weighted by molar-refractivity contribution is 14.0.